The van der Waals surface area contributed by atoms with Gasteiger partial charge in [-0.05, 0) is 18.1 Å². The molecule has 3 rings (SSSR count). The first-order chi connectivity index (χ1) is 10.8. The Labute approximate surface area is 147 Å². The highest BCUT2D eigenvalue weighted by molar-refractivity contribution is 14.1. The molecular weight excluding hydrogens is 383 g/mol. The van der Waals surface area contributed by atoms with Crippen LogP contribution in [0.5, 0.6) is 0 Å². The number of rotatable bonds is 4. The quantitative estimate of drug-likeness (QED) is 0.427. The van der Waals surface area contributed by atoms with Crippen LogP contribution in [0, 0.1) is 0 Å². The lowest BCUT2D eigenvalue weighted by molar-refractivity contribution is 0.109. The van der Waals surface area contributed by atoms with Gasteiger partial charge < -0.3 is 0 Å². The molecular formula is C19H23IN2. The van der Waals surface area contributed by atoms with Crippen LogP contribution in [0.3, 0.4) is 0 Å². The monoisotopic (exact) mass is 406 g/mol. The van der Waals surface area contributed by atoms with Gasteiger partial charge in [0.25, 0.3) is 0 Å². The SMILES string of the molecule is CC(I)N1CCN(C(c2ccccc2)c2ccccc2)CC1. The summed E-state index contributed by atoms with van der Waals surface area (Å²) in [6.07, 6.45) is 0. The van der Waals surface area contributed by atoms with Gasteiger partial charge >= 0.3 is 0 Å². The molecule has 0 spiro atoms. The molecule has 1 fully saturated rings. The van der Waals surface area contributed by atoms with Crippen LogP contribution < -0.4 is 0 Å². The predicted octanol–water partition coefficient (Wildman–Crippen LogP) is 4.17. The molecule has 0 amide bonds. The highest BCUT2D eigenvalue weighted by atomic mass is 127. The van der Waals surface area contributed by atoms with Crippen LogP contribution in [0.15, 0.2) is 60.7 Å². The summed E-state index contributed by atoms with van der Waals surface area (Å²) in [6, 6.07) is 22.2. The molecule has 116 valence electrons. The zero-order valence-corrected chi connectivity index (χ0v) is 15.2. The normalized spacial score (nSPS) is 18.5. The lowest BCUT2D eigenvalue weighted by atomic mass is 9.96. The minimum Gasteiger partial charge on any atom is -0.290 e. The molecule has 2 aromatic carbocycles. The molecule has 0 saturated carbocycles. The zero-order valence-electron chi connectivity index (χ0n) is 13.0. The first-order valence-corrected chi connectivity index (χ1v) is 9.22. The Morgan fingerprint density at radius 2 is 1.14 bits per heavy atom. The second-order valence-electron chi connectivity index (χ2n) is 5.87. The second kappa shape index (κ2) is 7.57. The van der Waals surface area contributed by atoms with E-state index in [4.69, 9.17) is 0 Å². The molecule has 2 aromatic rings. The minimum absolute atomic E-state index is 0.370. The Morgan fingerprint density at radius 1 is 0.727 bits per heavy atom. The number of benzene rings is 2. The number of halogens is 1. The number of hydrogen-bond acceptors (Lipinski definition) is 2. The van der Waals surface area contributed by atoms with Crippen molar-refractivity contribution < 1.29 is 0 Å². The highest BCUT2D eigenvalue weighted by Gasteiger charge is 2.27. The Bertz CT molecular complexity index is 523. The third-order valence-corrected chi connectivity index (χ3v) is 5.24. The topological polar surface area (TPSA) is 6.48 Å². The molecule has 0 bridgehead atoms. The van der Waals surface area contributed by atoms with Crippen molar-refractivity contribution in [3.05, 3.63) is 71.8 Å². The molecule has 1 saturated heterocycles. The molecule has 1 atom stereocenters. The highest BCUT2D eigenvalue weighted by Crippen LogP contribution is 2.29. The van der Waals surface area contributed by atoms with Crippen molar-refractivity contribution in [1.29, 1.82) is 0 Å². The fourth-order valence-corrected chi connectivity index (χ4v) is 3.79. The molecule has 3 heteroatoms. The summed E-state index contributed by atoms with van der Waals surface area (Å²) in [4.78, 5) is 5.18. The van der Waals surface area contributed by atoms with E-state index in [9.17, 15) is 0 Å². The molecule has 0 N–H and O–H groups in total. The fourth-order valence-electron chi connectivity index (χ4n) is 3.24. The summed E-state index contributed by atoms with van der Waals surface area (Å²) in [7, 11) is 0. The van der Waals surface area contributed by atoms with E-state index in [1.165, 1.54) is 11.1 Å². The van der Waals surface area contributed by atoms with Crippen LogP contribution in [0.4, 0.5) is 0 Å². The van der Waals surface area contributed by atoms with Gasteiger partial charge in [-0.15, -0.1) is 0 Å². The molecule has 0 aromatic heterocycles. The van der Waals surface area contributed by atoms with E-state index in [0.29, 0.717) is 10.1 Å². The average Bonchev–Trinajstić information content (AvgIpc) is 2.57. The maximum Gasteiger partial charge on any atom is 0.0602 e. The van der Waals surface area contributed by atoms with Crippen molar-refractivity contribution in [3.8, 4) is 0 Å². The molecule has 1 aliphatic rings. The van der Waals surface area contributed by atoms with E-state index < -0.39 is 0 Å². The Balaban J connectivity index is 1.84. The van der Waals surface area contributed by atoms with Gasteiger partial charge in [-0.25, -0.2) is 0 Å². The lowest BCUT2D eigenvalue weighted by Crippen LogP contribution is -2.49. The summed E-state index contributed by atoms with van der Waals surface area (Å²) in [6.45, 7) is 6.84. The second-order valence-corrected chi connectivity index (χ2v) is 7.67. The van der Waals surface area contributed by atoms with Gasteiger partial charge in [-0.2, -0.15) is 0 Å². The molecule has 0 aliphatic carbocycles. The minimum atomic E-state index is 0.370. The predicted molar refractivity (Wildman–Crippen MR) is 101 cm³/mol. The third kappa shape index (κ3) is 3.70. The molecule has 1 unspecified atom stereocenters. The van der Waals surface area contributed by atoms with Crippen LogP contribution >= 0.6 is 22.6 Å². The summed E-state index contributed by atoms with van der Waals surface area (Å²) >= 11 is 2.52. The van der Waals surface area contributed by atoms with E-state index in [0.717, 1.165) is 26.2 Å². The van der Waals surface area contributed by atoms with Crippen LogP contribution in [-0.2, 0) is 0 Å². The largest absolute Gasteiger partial charge is 0.290 e. The number of piperazine rings is 1. The molecule has 1 heterocycles. The van der Waals surface area contributed by atoms with Gasteiger partial charge in [0.15, 0.2) is 0 Å². The van der Waals surface area contributed by atoms with Crippen LogP contribution in [0.1, 0.15) is 24.1 Å². The summed E-state index contributed by atoms with van der Waals surface area (Å²) in [5.41, 5.74) is 2.79. The van der Waals surface area contributed by atoms with Crippen LogP contribution in [0.2, 0.25) is 0 Å². The molecule has 1 aliphatic heterocycles. The summed E-state index contributed by atoms with van der Waals surface area (Å²) in [5, 5.41) is 0. The zero-order chi connectivity index (χ0) is 15.4. The number of alkyl halides is 1. The van der Waals surface area contributed by atoms with Crippen LogP contribution in [-0.4, -0.2) is 40.0 Å². The summed E-state index contributed by atoms with van der Waals surface area (Å²) in [5.74, 6) is 0. The van der Waals surface area contributed by atoms with Gasteiger partial charge in [-0.1, -0.05) is 83.3 Å². The Kier molecular flexibility index (Phi) is 5.50. The molecule has 2 nitrogen and oxygen atoms in total. The van der Waals surface area contributed by atoms with Gasteiger partial charge in [0.1, 0.15) is 0 Å². The van der Waals surface area contributed by atoms with Crippen molar-refractivity contribution in [2.24, 2.45) is 0 Å². The first-order valence-electron chi connectivity index (χ1n) is 7.98. The van der Waals surface area contributed by atoms with Crippen LogP contribution in [0.25, 0.3) is 0 Å². The third-order valence-electron chi connectivity index (χ3n) is 4.45. The smallest absolute Gasteiger partial charge is 0.0602 e. The maximum atomic E-state index is 2.63. The van der Waals surface area contributed by atoms with E-state index in [2.05, 4.69) is 100.0 Å². The molecule has 0 radical (unpaired) electrons. The van der Waals surface area contributed by atoms with E-state index >= 15 is 0 Å². The fraction of sp³-hybridized carbons (Fsp3) is 0.368. The van der Waals surface area contributed by atoms with Crippen molar-refractivity contribution in [3.63, 3.8) is 0 Å². The number of hydrogen-bond donors (Lipinski definition) is 0. The van der Waals surface area contributed by atoms with Gasteiger partial charge in [-0.3, -0.25) is 9.80 Å². The van der Waals surface area contributed by atoms with Crippen molar-refractivity contribution in [2.75, 3.05) is 26.2 Å². The van der Waals surface area contributed by atoms with Crippen molar-refractivity contribution >= 4 is 22.6 Å². The average molecular weight is 406 g/mol. The van der Waals surface area contributed by atoms with Crippen molar-refractivity contribution in [1.82, 2.24) is 9.80 Å². The van der Waals surface area contributed by atoms with Gasteiger partial charge in [0, 0.05) is 26.2 Å². The van der Waals surface area contributed by atoms with Gasteiger partial charge in [0.2, 0.25) is 0 Å². The molecule has 22 heavy (non-hydrogen) atoms. The Hall–Kier alpha value is -0.910. The van der Waals surface area contributed by atoms with E-state index in [1.54, 1.807) is 0 Å². The lowest BCUT2D eigenvalue weighted by Gasteiger charge is -2.40. The standard InChI is InChI=1S/C19H23IN2/c1-16(20)21-12-14-22(15-13-21)19(17-8-4-2-5-9-17)18-10-6-3-7-11-18/h2-11,16,19H,12-15H2,1H3. The number of nitrogens with zero attached hydrogens (tertiary/aromatic N) is 2. The first kappa shape index (κ1) is 16.0. The summed E-state index contributed by atoms with van der Waals surface area (Å²) < 4.78 is 0.617. The van der Waals surface area contributed by atoms with Crippen molar-refractivity contribution in [2.45, 2.75) is 17.0 Å². The van der Waals surface area contributed by atoms with E-state index in [1.807, 2.05) is 0 Å². The maximum absolute atomic E-state index is 2.63. The van der Waals surface area contributed by atoms with Gasteiger partial charge in [0.05, 0.1) is 10.1 Å². The van der Waals surface area contributed by atoms with E-state index in [-0.39, 0.29) is 0 Å². The Morgan fingerprint density at radius 3 is 1.55 bits per heavy atom.